The van der Waals surface area contributed by atoms with Gasteiger partial charge in [-0.15, -0.1) is 0 Å². The number of aliphatic hydroxyl groups is 4. The molecule has 0 aromatic carbocycles. The van der Waals surface area contributed by atoms with Crippen LogP contribution >= 0.6 is 0 Å². The molecule has 0 spiro atoms. The van der Waals surface area contributed by atoms with Crippen molar-refractivity contribution < 1.29 is 30.1 Å². The lowest BCUT2D eigenvalue weighted by molar-refractivity contribution is -0.155. The number of rotatable bonds is 17. The highest BCUT2D eigenvalue weighted by molar-refractivity contribution is 5.75. The lowest BCUT2D eigenvalue weighted by Gasteiger charge is -2.26. The van der Waals surface area contributed by atoms with Crippen LogP contribution in [0, 0.1) is 0 Å². The molecule has 0 aliphatic carbocycles. The Morgan fingerprint density at radius 1 is 0.923 bits per heavy atom. The van der Waals surface area contributed by atoms with E-state index < -0.39 is 31.0 Å². The third kappa shape index (κ3) is 12.6. The summed E-state index contributed by atoms with van der Waals surface area (Å²) in [6, 6.07) is 0. The third-order valence-electron chi connectivity index (χ3n) is 4.35. The molecule has 156 valence electrons. The van der Waals surface area contributed by atoms with E-state index in [1.54, 1.807) is 7.05 Å². The highest BCUT2D eigenvalue weighted by Gasteiger charge is 2.29. The van der Waals surface area contributed by atoms with Crippen LogP contribution in [0.2, 0.25) is 0 Å². The molecule has 8 nitrogen and oxygen atoms in total. The minimum Gasteiger partial charge on any atom is -0.393 e. The lowest BCUT2D eigenvalue weighted by Crippen LogP contribution is -2.48. The standard InChI is InChI=1S/C18H38N2O6/c1-14(22)17(24)18(25)15(13-21)26-20-12-10-8-6-4-3-5-7-9-11-16(23)19-2/h14-15,17-18,20-22,24-25H,3-13H2,1-2H3,(H,19,23). The van der Waals surface area contributed by atoms with Crippen molar-refractivity contribution in [3.63, 3.8) is 0 Å². The molecule has 26 heavy (non-hydrogen) atoms. The quantitative estimate of drug-likeness (QED) is 0.158. The van der Waals surface area contributed by atoms with Crippen LogP contribution in [-0.4, -0.2) is 70.9 Å². The number of carbonyl (C=O) groups excluding carboxylic acids is 1. The predicted octanol–water partition coefficient (Wildman–Crippen LogP) is 0.228. The molecule has 0 saturated heterocycles. The molecule has 0 saturated carbocycles. The van der Waals surface area contributed by atoms with Crippen LogP contribution in [0.25, 0.3) is 0 Å². The fourth-order valence-corrected chi connectivity index (χ4v) is 2.55. The number of amides is 1. The lowest BCUT2D eigenvalue weighted by atomic mass is 10.0. The molecule has 0 radical (unpaired) electrons. The SMILES string of the molecule is CNC(=O)CCCCCCCCCCNOC(CO)C(O)C(O)C(C)O. The van der Waals surface area contributed by atoms with Crippen LogP contribution < -0.4 is 10.8 Å². The Balaban J connectivity index is 3.50. The normalized spacial score (nSPS) is 16.1. The topological polar surface area (TPSA) is 131 Å². The highest BCUT2D eigenvalue weighted by atomic mass is 16.7. The van der Waals surface area contributed by atoms with Crippen molar-refractivity contribution in [3.05, 3.63) is 0 Å². The number of nitrogens with one attached hydrogen (secondary N) is 2. The molecule has 0 bridgehead atoms. The summed E-state index contributed by atoms with van der Waals surface area (Å²) in [6.45, 7) is 1.48. The summed E-state index contributed by atoms with van der Waals surface area (Å²) in [5, 5.41) is 40.4. The number of unbranched alkanes of at least 4 members (excludes halogenated alkanes) is 7. The molecule has 1 amide bonds. The van der Waals surface area contributed by atoms with Crippen LogP contribution in [0.15, 0.2) is 0 Å². The van der Waals surface area contributed by atoms with Gasteiger partial charge in [0.1, 0.15) is 18.3 Å². The molecule has 0 rings (SSSR count). The van der Waals surface area contributed by atoms with Gasteiger partial charge in [0.25, 0.3) is 0 Å². The second-order valence-corrected chi connectivity index (χ2v) is 6.71. The summed E-state index contributed by atoms with van der Waals surface area (Å²) in [6.07, 6.45) is 4.40. The van der Waals surface area contributed by atoms with Crippen molar-refractivity contribution in [3.8, 4) is 0 Å². The molecule has 0 heterocycles. The van der Waals surface area contributed by atoms with E-state index >= 15 is 0 Å². The molecule has 4 unspecified atom stereocenters. The van der Waals surface area contributed by atoms with Crippen LogP contribution in [0.4, 0.5) is 0 Å². The zero-order valence-electron chi connectivity index (χ0n) is 16.2. The smallest absolute Gasteiger partial charge is 0.219 e. The number of hydrogen-bond donors (Lipinski definition) is 6. The van der Waals surface area contributed by atoms with Gasteiger partial charge in [-0.25, -0.2) is 5.48 Å². The van der Waals surface area contributed by atoms with Gasteiger partial charge in [-0.1, -0.05) is 38.5 Å². The van der Waals surface area contributed by atoms with Gasteiger partial charge in [-0.3, -0.25) is 9.63 Å². The van der Waals surface area contributed by atoms with Crippen LogP contribution in [0.1, 0.15) is 64.7 Å². The Kier molecular flexibility index (Phi) is 15.9. The predicted molar refractivity (Wildman–Crippen MR) is 99.3 cm³/mol. The summed E-state index contributed by atoms with van der Waals surface area (Å²) in [4.78, 5) is 16.2. The molecule has 6 N–H and O–H groups in total. The minimum atomic E-state index is -1.37. The molecule has 0 fully saturated rings. The Morgan fingerprint density at radius 3 is 1.96 bits per heavy atom. The van der Waals surface area contributed by atoms with Gasteiger partial charge in [0.05, 0.1) is 12.7 Å². The van der Waals surface area contributed by atoms with Crippen LogP contribution in [-0.2, 0) is 9.63 Å². The van der Waals surface area contributed by atoms with E-state index in [9.17, 15) is 25.2 Å². The summed E-state index contributed by atoms with van der Waals surface area (Å²) in [7, 11) is 1.66. The average molecular weight is 379 g/mol. The Labute approximate surface area is 156 Å². The number of aliphatic hydroxyl groups excluding tert-OH is 4. The summed E-state index contributed by atoms with van der Waals surface area (Å²) < 4.78 is 0. The Morgan fingerprint density at radius 2 is 1.46 bits per heavy atom. The van der Waals surface area contributed by atoms with E-state index in [0.717, 1.165) is 38.5 Å². The van der Waals surface area contributed by atoms with E-state index in [0.29, 0.717) is 13.0 Å². The molecule has 0 aliphatic heterocycles. The fraction of sp³-hybridized carbons (Fsp3) is 0.944. The van der Waals surface area contributed by atoms with E-state index in [1.807, 2.05) is 0 Å². The van der Waals surface area contributed by atoms with Crippen molar-refractivity contribution in [2.45, 2.75) is 89.1 Å². The summed E-state index contributed by atoms with van der Waals surface area (Å²) >= 11 is 0. The first-order valence-corrected chi connectivity index (χ1v) is 9.68. The Bertz CT molecular complexity index is 344. The molecule has 0 aliphatic rings. The number of carbonyl (C=O) groups is 1. The van der Waals surface area contributed by atoms with E-state index in [4.69, 9.17) is 4.84 Å². The van der Waals surface area contributed by atoms with Crippen LogP contribution in [0.3, 0.4) is 0 Å². The summed E-state index contributed by atoms with van der Waals surface area (Å²) in [5.41, 5.74) is 2.70. The first-order chi connectivity index (χ1) is 12.4. The Hall–Kier alpha value is -0.770. The molecular formula is C18H38N2O6. The summed E-state index contributed by atoms with van der Waals surface area (Å²) in [5.74, 6) is 0.107. The van der Waals surface area contributed by atoms with Crippen molar-refractivity contribution in [1.29, 1.82) is 0 Å². The maximum absolute atomic E-state index is 11.1. The van der Waals surface area contributed by atoms with Crippen molar-refractivity contribution in [2.75, 3.05) is 20.2 Å². The largest absolute Gasteiger partial charge is 0.393 e. The van der Waals surface area contributed by atoms with Gasteiger partial charge in [-0.05, 0) is 19.8 Å². The molecular weight excluding hydrogens is 340 g/mol. The van der Waals surface area contributed by atoms with Gasteiger partial charge in [0.15, 0.2) is 0 Å². The van der Waals surface area contributed by atoms with Gasteiger partial charge >= 0.3 is 0 Å². The number of hydrogen-bond acceptors (Lipinski definition) is 7. The molecule has 8 heteroatoms. The van der Waals surface area contributed by atoms with Crippen molar-refractivity contribution in [1.82, 2.24) is 10.8 Å². The van der Waals surface area contributed by atoms with Gasteiger partial charge < -0.3 is 25.7 Å². The maximum atomic E-state index is 11.1. The maximum Gasteiger partial charge on any atom is 0.219 e. The van der Waals surface area contributed by atoms with Crippen molar-refractivity contribution in [2.24, 2.45) is 0 Å². The number of hydroxylamine groups is 1. The van der Waals surface area contributed by atoms with E-state index in [2.05, 4.69) is 10.8 Å². The first kappa shape index (κ1) is 25.2. The third-order valence-corrected chi connectivity index (χ3v) is 4.35. The van der Waals surface area contributed by atoms with E-state index in [1.165, 1.54) is 19.8 Å². The second-order valence-electron chi connectivity index (χ2n) is 6.71. The first-order valence-electron chi connectivity index (χ1n) is 9.68. The average Bonchev–Trinajstić information content (AvgIpc) is 2.64. The molecule has 0 aromatic heterocycles. The second kappa shape index (κ2) is 16.4. The monoisotopic (exact) mass is 378 g/mol. The zero-order valence-corrected chi connectivity index (χ0v) is 16.2. The van der Waals surface area contributed by atoms with Crippen molar-refractivity contribution >= 4 is 5.91 Å². The van der Waals surface area contributed by atoms with E-state index in [-0.39, 0.29) is 5.91 Å². The zero-order chi connectivity index (χ0) is 19.8. The van der Waals surface area contributed by atoms with Gasteiger partial charge in [0.2, 0.25) is 5.91 Å². The highest BCUT2D eigenvalue weighted by Crippen LogP contribution is 2.10. The molecule has 0 aromatic rings. The molecule has 4 atom stereocenters. The fourth-order valence-electron chi connectivity index (χ4n) is 2.55. The minimum absolute atomic E-state index is 0.107. The van der Waals surface area contributed by atoms with Gasteiger partial charge in [0, 0.05) is 20.0 Å². The van der Waals surface area contributed by atoms with Crippen LogP contribution in [0.5, 0.6) is 0 Å². The van der Waals surface area contributed by atoms with Gasteiger partial charge in [-0.2, -0.15) is 0 Å².